The van der Waals surface area contributed by atoms with Gasteiger partial charge in [-0.05, 0) is 25.1 Å². The van der Waals surface area contributed by atoms with Crippen molar-refractivity contribution in [1.29, 1.82) is 0 Å². The third kappa shape index (κ3) is 3.56. The summed E-state index contributed by atoms with van der Waals surface area (Å²) in [6, 6.07) is 6.24. The Morgan fingerprint density at radius 3 is 2.65 bits per heavy atom. The van der Waals surface area contributed by atoms with E-state index in [2.05, 4.69) is 0 Å². The number of likely N-dealkylation sites (tertiary alicyclic amines) is 1. The van der Waals surface area contributed by atoms with Gasteiger partial charge in [-0.15, -0.1) is 0 Å². The van der Waals surface area contributed by atoms with Crippen molar-refractivity contribution in [1.82, 2.24) is 4.90 Å². The van der Waals surface area contributed by atoms with Crippen molar-refractivity contribution in [2.24, 2.45) is 0 Å². The maximum atomic E-state index is 13.2. The van der Waals surface area contributed by atoms with Gasteiger partial charge in [-0.25, -0.2) is 4.39 Å². The van der Waals surface area contributed by atoms with E-state index in [1.807, 2.05) is 11.8 Å². The van der Waals surface area contributed by atoms with Gasteiger partial charge in [0.25, 0.3) is 0 Å². The Bertz CT molecular complexity index is 494. The lowest BCUT2D eigenvalue weighted by atomic mass is 10.1. The van der Waals surface area contributed by atoms with E-state index in [0.717, 1.165) is 0 Å². The van der Waals surface area contributed by atoms with Crippen molar-refractivity contribution >= 4 is 17.4 Å². The molecule has 0 aliphatic carbocycles. The Balaban J connectivity index is 1.99. The molecule has 0 saturated carbocycles. The van der Waals surface area contributed by atoms with Crippen LogP contribution in [0.2, 0.25) is 0 Å². The molecular weight excluding hydrogens is 259 g/mol. The van der Waals surface area contributed by atoms with Crippen molar-refractivity contribution in [3.63, 3.8) is 0 Å². The first-order valence-electron chi connectivity index (χ1n) is 6.90. The molecular formula is C15H19FN2O2. The first-order valence-corrected chi connectivity index (χ1v) is 6.90. The maximum absolute atomic E-state index is 13.2. The third-order valence-electron chi connectivity index (χ3n) is 3.56. The second-order valence-electron chi connectivity index (χ2n) is 4.91. The number of rotatable bonds is 4. The number of nitrogens with zero attached hydrogens (tertiary/aromatic N) is 2. The Kier molecular flexibility index (Phi) is 4.71. The summed E-state index contributed by atoms with van der Waals surface area (Å²) in [5, 5.41) is 0. The first kappa shape index (κ1) is 14.5. The van der Waals surface area contributed by atoms with Crippen molar-refractivity contribution in [3.05, 3.63) is 30.1 Å². The van der Waals surface area contributed by atoms with Crippen LogP contribution in [0.15, 0.2) is 24.3 Å². The van der Waals surface area contributed by atoms with Crippen LogP contribution in [0, 0.1) is 5.82 Å². The highest BCUT2D eigenvalue weighted by Crippen LogP contribution is 2.16. The Labute approximate surface area is 118 Å². The molecule has 0 radical (unpaired) electrons. The molecule has 4 nitrogen and oxygen atoms in total. The van der Waals surface area contributed by atoms with Gasteiger partial charge in [-0.2, -0.15) is 0 Å². The average Bonchev–Trinajstić information content (AvgIpc) is 2.45. The van der Waals surface area contributed by atoms with Gasteiger partial charge in [0, 0.05) is 38.2 Å². The highest BCUT2D eigenvalue weighted by molar-refractivity contribution is 5.85. The number of ketones is 1. The molecule has 108 valence electrons. The van der Waals surface area contributed by atoms with Crippen LogP contribution in [0.1, 0.15) is 19.8 Å². The van der Waals surface area contributed by atoms with Crippen LogP contribution in [0.5, 0.6) is 0 Å². The van der Waals surface area contributed by atoms with Gasteiger partial charge in [0.1, 0.15) is 11.6 Å². The Hall–Kier alpha value is -1.91. The second kappa shape index (κ2) is 6.50. The van der Waals surface area contributed by atoms with Crippen molar-refractivity contribution < 1.29 is 14.0 Å². The minimum Gasteiger partial charge on any atom is -0.362 e. The fourth-order valence-electron chi connectivity index (χ4n) is 2.33. The highest BCUT2D eigenvalue weighted by Gasteiger charge is 2.22. The third-order valence-corrected chi connectivity index (χ3v) is 3.56. The molecule has 0 bridgehead atoms. The van der Waals surface area contributed by atoms with Crippen LogP contribution in [0.3, 0.4) is 0 Å². The summed E-state index contributed by atoms with van der Waals surface area (Å²) >= 11 is 0. The van der Waals surface area contributed by atoms with E-state index in [1.54, 1.807) is 17.0 Å². The minimum absolute atomic E-state index is 0.0105. The molecule has 0 atom stereocenters. The second-order valence-corrected chi connectivity index (χ2v) is 4.91. The number of benzene rings is 1. The van der Waals surface area contributed by atoms with Gasteiger partial charge >= 0.3 is 0 Å². The number of halogens is 1. The van der Waals surface area contributed by atoms with Gasteiger partial charge in [-0.1, -0.05) is 6.07 Å². The van der Waals surface area contributed by atoms with E-state index in [1.165, 1.54) is 12.1 Å². The predicted octanol–water partition coefficient (Wildman–Crippen LogP) is 1.84. The first-order chi connectivity index (χ1) is 9.60. The molecule has 0 unspecified atom stereocenters. The van der Waals surface area contributed by atoms with Gasteiger partial charge in [-0.3, -0.25) is 9.59 Å². The van der Waals surface area contributed by atoms with E-state index in [0.29, 0.717) is 38.2 Å². The maximum Gasteiger partial charge on any atom is 0.242 e. The molecule has 1 heterocycles. The van der Waals surface area contributed by atoms with Crippen LogP contribution in [-0.4, -0.2) is 42.8 Å². The molecule has 20 heavy (non-hydrogen) atoms. The molecule has 1 aliphatic heterocycles. The lowest BCUT2D eigenvalue weighted by Gasteiger charge is -2.30. The lowest BCUT2D eigenvalue weighted by Crippen LogP contribution is -2.44. The van der Waals surface area contributed by atoms with Gasteiger partial charge in [0.2, 0.25) is 5.91 Å². The number of carbonyl (C=O) groups is 2. The normalized spacial score (nSPS) is 15.3. The number of anilines is 1. The number of carbonyl (C=O) groups excluding carboxylic acids is 2. The van der Waals surface area contributed by atoms with Crippen molar-refractivity contribution in [3.8, 4) is 0 Å². The zero-order valence-electron chi connectivity index (χ0n) is 11.6. The van der Waals surface area contributed by atoms with Crippen LogP contribution in [0.25, 0.3) is 0 Å². The largest absolute Gasteiger partial charge is 0.362 e. The summed E-state index contributed by atoms with van der Waals surface area (Å²) in [4.78, 5) is 26.9. The standard InChI is InChI=1S/C15H19FN2O2/c1-2-17(13-5-3-4-12(16)10-13)11-15(20)18-8-6-14(19)7-9-18/h3-5,10H,2,6-9,11H2,1H3. The van der Waals surface area contributed by atoms with Gasteiger partial charge in [0.15, 0.2) is 0 Å². The topological polar surface area (TPSA) is 40.6 Å². The highest BCUT2D eigenvalue weighted by atomic mass is 19.1. The molecule has 1 aliphatic rings. The van der Waals surface area contributed by atoms with Crippen LogP contribution >= 0.6 is 0 Å². The lowest BCUT2D eigenvalue weighted by molar-refractivity contribution is -0.133. The fourth-order valence-corrected chi connectivity index (χ4v) is 2.33. The Morgan fingerprint density at radius 2 is 2.05 bits per heavy atom. The van der Waals surface area contributed by atoms with E-state index < -0.39 is 0 Å². The molecule has 1 saturated heterocycles. The molecule has 2 rings (SSSR count). The molecule has 0 N–H and O–H groups in total. The van der Waals surface area contributed by atoms with Crippen LogP contribution < -0.4 is 4.90 Å². The predicted molar refractivity (Wildman–Crippen MR) is 75.1 cm³/mol. The number of Topliss-reactive ketones (excluding diaryl/α,β-unsaturated/α-hetero) is 1. The molecule has 0 spiro atoms. The molecule has 1 fully saturated rings. The molecule has 5 heteroatoms. The molecule has 1 aromatic carbocycles. The molecule has 0 aromatic heterocycles. The monoisotopic (exact) mass is 278 g/mol. The molecule has 1 aromatic rings. The summed E-state index contributed by atoms with van der Waals surface area (Å²) in [5.41, 5.74) is 0.703. The summed E-state index contributed by atoms with van der Waals surface area (Å²) in [7, 11) is 0. The van der Waals surface area contributed by atoms with E-state index in [-0.39, 0.29) is 24.1 Å². The van der Waals surface area contributed by atoms with E-state index >= 15 is 0 Å². The van der Waals surface area contributed by atoms with Crippen molar-refractivity contribution in [2.75, 3.05) is 31.1 Å². The van der Waals surface area contributed by atoms with Gasteiger partial charge in [0.05, 0.1) is 6.54 Å². The number of amides is 1. The molecule has 1 amide bonds. The minimum atomic E-state index is -0.308. The Morgan fingerprint density at radius 1 is 1.35 bits per heavy atom. The zero-order chi connectivity index (χ0) is 14.5. The van der Waals surface area contributed by atoms with Crippen molar-refractivity contribution in [2.45, 2.75) is 19.8 Å². The van der Waals surface area contributed by atoms with E-state index in [9.17, 15) is 14.0 Å². The summed E-state index contributed by atoms with van der Waals surface area (Å²) in [5.74, 6) is -0.105. The fraction of sp³-hybridized carbons (Fsp3) is 0.467. The summed E-state index contributed by atoms with van der Waals surface area (Å²) < 4.78 is 13.2. The summed E-state index contributed by atoms with van der Waals surface area (Å²) in [6.07, 6.45) is 0.885. The van der Waals surface area contributed by atoms with Gasteiger partial charge < -0.3 is 9.80 Å². The van der Waals surface area contributed by atoms with Crippen LogP contribution in [0.4, 0.5) is 10.1 Å². The number of piperidine rings is 1. The SMILES string of the molecule is CCN(CC(=O)N1CCC(=O)CC1)c1cccc(F)c1. The number of hydrogen-bond donors (Lipinski definition) is 0. The zero-order valence-corrected chi connectivity index (χ0v) is 11.6. The summed E-state index contributed by atoms with van der Waals surface area (Å²) in [6.45, 7) is 3.77. The smallest absolute Gasteiger partial charge is 0.242 e. The number of hydrogen-bond acceptors (Lipinski definition) is 3. The average molecular weight is 278 g/mol. The van der Waals surface area contributed by atoms with Crippen LogP contribution in [-0.2, 0) is 9.59 Å². The van der Waals surface area contributed by atoms with E-state index in [4.69, 9.17) is 0 Å². The number of likely N-dealkylation sites (N-methyl/N-ethyl adjacent to an activating group) is 1. The quantitative estimate of drug-likeness (QED) is 0.844.